The Morgan fingerprint density at radius 3 is 2.08 bits per heavy atom. The van der Waals surface area contributed by atoms with E-state index in [2.05, 4.69) is 0 Å². The zero-order valence-electron chi connectivity index (χ0n) is 7.19. The molecule has 1 nitrogen and oxygen atoms in total. The van der Waals surface area contributed by atoms with Gasteiger partial charge in [-0.2, -0.15) is 0 Å². The van der Waals surface area contributed by atoms with E-state index in [1.807, 2.05) is 12.1 Å². The average molecular weight is 216 g/mol. The van der Waals surface area contributed by atoms with Crippen molar-refractivity contribution in [1.29, 1.82) is 0 Å². The van der Waals surface area contributed by atoms with Crippen LogP contribution in [0.1, 0.15) is 18.4 Å². The molecule has 0 aromatic heterocycles. The van der Waals surface area contributed by atoms with E-state index in [1.165, 1.54) is 5.56 Å². The van der Waals surface area contributed by atoms with Crippen LogP contribution in [0.5, 0.6) is 0 Å². The van der Waals surface area contributed by atoms with E-state index in [0.717, 1.165) is 12.8 Å². The van der Waals surface area contributed by atoms with E-state index in [0.29, 0.717) is 16.6 Å². The first-order chi connectivity index (χ1) is 6.16. The maximum atomic E-state index is 5.92. The smallest absolute Gasteiger partial charge is 0.0423 e. The Bertz CT molecular complexity index is 311. The van der Waals surface area contributed by atoms with Crippen molar-refractivity contribution in [2.45, 2.75) is 18.3 Å². The predicted octanol–water partition coefficient (Wildman–Crippen LogP) is 2.98. The third-order valence-electron chi connectivity index (χ3n) is 2.72. The van der Waals surface area contributed by atoms with Gasteiger partial charge in [-0.05, 0) is 36.6 Å². The lowest BCUT2D eigenvalue weighted by Gasteiger charge is -2.13. The third kappa shape index (κ3) is 1.69. The molecule has 0 aliphatic heterocycles. The van der Waals surface area contributed by atoms with Gasteiger partial charge < -0.3 is 5.73 Å². The molecule has 70 valence electrons. The van der Waals surface area contributed by atoms with Crippen molar-refractivity contribution in [2.75, 3.05) is 6.54 Å². The second kappa shape index (κ2) is 3.16. The molecular weight excluding hydrogens is 205 g/mol. The van der Waals surface area contributed by atoms with Gasteiger partial charge in [0.15, 0.2) is 0 Å². The minimum atomic E-state index is 0.175. The predicted molar refractivity (Wildman–Crippen MR) is 56.4 cm³/mol. The highest BCUT2D eigenvalue weighted by atomic mass is 35.5. The molecule has 1 fully saturated rings. The average Bonchev–Trinajstić information content (AvgIpc) is 2.82. The fourth-order valence-electron chi connectivity index (χ4n) is 1.62. The first kappa shape index (κ1) is 9.32. The fourth-order valence-corrected chi connectivity index (χ4v) is 2.15. The molecule has 0 bridgehead atoms. The fraction of sp³-hybridized carbons (Fsp3) is 0.400. The molecule has 1 aromatic rings. The highest BCUT2D eigenvalue weighted by Gasteiger charge is 2.42. The summed E-state index contributed by atoms with van der Waals surface area (Å²) in [6, 6.07) is 5.68. The Hall–Kier alpha value is -0.240. The van der Waals surface area contributed by atoms with E-state index in [1.54, 1.807) is 6.07 Å². The summed E-state index contributed by atoms with van der Waals surface area (Å²) in [5.74, 6) is 0. The SMILES string of the molecule is NCC1(c2cc(Cl)cc(Cl)c2)CC1. The van der Waals surface area contributed by atoms with Crippen LogP contribution in [0.4, 0.5) is 0 Å². The van der Waals surface area contributed by atoms with Crippen LogP contribution < -0.4 is 5.73 Å². The maximum absolute atomic E-state index is 5.92. The van der Waals surface area contributed by atoms with E-state index < -0.39 is 0 Å². The number of hydrogen-bond acceptors (Lipinski definition) is 1. The summed E-state index contributed by atoms with van der Waals surface area (Å²) in [5, 5.41) is 1.39. The molecule has 0 atom stereocenters. The standard InChI is InChI=1S/C10H11Cl2N/c11-8-3-7(4-9(12)5-8)10(6-13)1-2-10/h3-5H,1-2,6,13H2. The molecule has 2 rings (SSSR count). The van der Waals surface area contributed by atoms with E-state index >= 15 is 0 Å². The number of rotatable bonds is 2. The van der Waals surface area contributed by atoms with E-state index in [-0.39, 0.29) is 5.41 Å². The van der Waals surface area contributed by atoms with Crippen LogP contribution >= 0.6 is 23.2 Å². The van der Waals surface area contributed by atoms with Crippen LogP contribution in [-0.4, -0.2) is 6.54 Å². The largest absolute Gasteiger partial charge is 0.330 e. The van der Waals surface area contributed by atoms with Gasteiger partial charge in [-0.25, -0.2) is 0 Å². The molecule has 0 saturated heterocycles. The summed E-state index contributed by atoms with van der Waals surface area (Å²) < 4.78 is 0. The highest BCUT2D eigenvalue weighted by Crippen LogP contribution is 2.48. The lowest BCUT2D eigenvalue weighted by Crippen LogP contribution is -2.19. The quantitative estimate of drug-likeness (QED) is 0.807. The maximum Gasteiger partial charge on any atom is 0.0423 e. The summed E-state index contributed by atoms with van der Waals surface area (Å²) in [4.78, 5) is 0. The summed E-state index contributed by atoms with van der Waals surface area (Å²) >= 11 is 11.8. The van der Waals surface area contributed by atoms with Gasteiger partial charge >= 0.3 is 0 Å². The number of benzene rings is 1. The molecule has 1 aliphatic carbocycles. The molecule has 0 amide bonds. The number of nitrogens with two attached hydrogens (primary N) is 1. The van der Waals surface area contributed by atoms with Crippen LogP contribution in [0.15, 0.2) is 18.2 Å². The Morgan fingerprint density at radius 2 is 1.69 bits per heavy atom. The lowest BCUT2D eigenvalue weighted by molar-refractivity contribution is 0.705. The van der Waals surface area contributed by atoms with Gasteiger partial charge in [0.1, 0.15) is 0 Å². The van der Waals surface area contributed by atoms with Gasteiger partial charge in [0.05, 0.1) is 0 Å². The molecule has 3 heteroatoms. The minimum Gasteiger partial charge on any atom is -0.330 e. The molecule has 0 unspecified atom stereocenters. The Labute approximate surface area is 87.8 Å². The zero-order chi connectivity index (χ0) is 9.47. The Balaban J connectivity index is 2.40. The summed E-state index contributed by atoms with van der Waals surface area (Å²) in [5.41, 5.74) is 7.08. The van der Waals surface area contributed by atoms with Gasteiger partial charge in [-0.3, -0.25) is 0 Å². The van der Waals surface area contributed by atoms with E-state index in [9.17, 15) is 0 Å². The molecule has 2 N–H and O–H groups in total. The van der Waals surface area contributed by atoms with E-state index in [4.69, 9.17) is 28.9 Å². The minimum absolute atomic E-state index is 0.175. The first-order valence-electron chi connectivity index (χ1n) is 4.33. The van der Waals surface area contributed by atoms with Crippen LogP contribution in [0, 0.1) is 0 Å². The van der Waals surface area contributed by atoms with Crippen molar-refractivity contribution in [2.24, 2.45) is 5.73 Å². The van der Waals surface area contributed by atoms with Gasteiger partial charge in [-0.1, -0.05) is 23.2 Å². The molecule has 0 radical (unpaired) electrons. The van der Waals surface area contributed by atoms with Crippen molar-refractivity contribution >= 4 is 23.2 Å². The van der Waals surface area contributed by atoms with Gasteiger partial charge in [0, 0.05) is 22.0 Å². The highest BCUT2D eigenvalue weighted by molar-refractivity contribution is 6.34. The van der Waals surface area contributed by atoms with Crippen molar-refractivity contribution in [3.63, 3.8) is 0 Å². The first-order valence-corrected chi connectivity index (χ1v) is 5.08. The van der Waals surface area contributed by atoms with Crippen molar-refractivity contribution in [3.8, 4) is 0 Å². The summed E-state index contributed by atoms with van der Waals surface area (Å²) in [6.07, 6.45) is 2.31. The summed E-state index contributed by atoms with van der Waals surface area (Å²) in [7, 11) is 0. The molecular formula is C10H11Cl2N. The van der Waals surface area contributed by atoms with Crippen LogP contribution in [0.25, 0.3) is 0 Å². The van der Waals surface area contributed by atoms with Crippen LogP contribution in [-0.2, 0) is 5.41 Å². The monoisotopic (exact) mass is 215 g/mol. The molecule has 0 heterocycles. The second-order valence-electron chi connectivity index (χ2n) is 3.64. The van der Waals surface area contributed by atoms with Crippen molar-refractivity contribution in [3.05, 3.63) is 33.8 Å². The third-order valence-corrected chi connectivity index (χ3v) is 3.16. The lowest BCUT2D eigenvalue weighted by atomic mass is 9.96. The zero-order valence-corrected chi connectivity index (χ0v) is 8.70. The van der Waals surface area contributed by atoms with Gasteiger partial charge in [-0.15, -0.1) is 0 Å². The number of halogens is 2. The second-order valence-corrected chi connectivity index (χ2v) is 4.52. The van der Waals surface area contributed by atoms with Crippen molar-refractivity contribution in [1.82, 2.24) is 0 Å². The number of hydrogen-bond donors (Lipinski definition) is 1. The molecule has 1 aromatic carbocycles. The van der Waals surface area contributed by atoms with Gasteiger partial charge in [0.25, 0.3) is 0 Å². The topological polar surface area (TPSA) is 26.0 Å². The van der Waals surface area contributed by atoms with Crippen LogP contribution in [0.2, 0.25) is 10.0 Å². The Morgan fingerprint density at radius 1 is 1.15 bits per heavy atom. The molecule has 1 saturated carbocycles. The van der Waals surface area contributed by atoms with Gasteiger partial charge in [0.2, 0.25) is 0 Å². The van der Waals surface area contributed by atoms with Crippen LogP contribution in [0.3, 0.4) is 0 Å². The molecule has 1 aliphatic rings. The molecule has 13 heavy (non-hydrogen) atoms. The molecule has 0 spiro atoms. The Kier molecular flexibility index (Phi) is 2.26. The normalized spacial score (nSPS) is 18.7. The summed E-state index contributed by atoms with van der Waals surface area (Å²) in [6.45, 7) is 0.684. The van der Waals surface area contributed by atoms with Crippen molar-refractivity contribution < 1.29 is 0 Å².